The first-order valence-corrected chi connectivity index (χ1v) is 5.93. The van der Waals surface area contributed by atoms with Crippen LogP contribution in [0.15, 0.2) is 33.6 Å². The van der Waals surface area contributed by atoms with Crippen LogP contribution in [-0.4, -0.2) is 23.3 Å². The molecule has 6 nitrogen and oxygen atoms in total. The predicted molar refractivity (Wildman–Crippen MR) is 62.2 cm³/mol. The Bertz CT molecular complexity index is 594. The van der Waals surface area contributed by atoms with E-state index in [9.17, 15) is 9.59 Å². The average Bonchev–Trinajstić information content (AvgIpc) is 2.94. The first-order valence-electron chi connectivity index (χ1n) is 5.93. The summed E-state index contributed by atoms with van der Waals surface area (Å²) in [5.74, 6) is -0.0768. The van der Waals surface area contributed by atoms with Crippen molar-refractivity contribution in [3.8, 4) is 11.5 Å². The average molecular weight is 261 g/mol. The number of esters is 1. The normalized spacial score (nSPS) is 14.3. The highest BCUT2D eigenvalue weighted by Crippen LogP contribution is 2.30. The van der Waals surface area contributed by atoms with E-state index in [0.29, 0.717) is 5.76 Å². The summed E-state index contributed by atoms with van der Waals surface area (Å²) in [5.41, 5.74) is 0.0125. The van der Waals surface area contributed by atoms with Gasteiger partial charge in [-0.25, -0.2) is 9.78 Å². The number of furan rings is 1. The summed E-state index contributed by atoms with van der Waals surface area (Å²) < 4.78 is 15.2. The monoisotopic (exact) mass is 261 g/mol. The standard InChI is InChI=1S/C13H11NO5/c15-9(8-3-4-8)6-18-13(16)11-12(19-7-14-11)10-2-1-5-17-10/h1-2,5,7-8H,3-4,6H2. The van der Waals surface area contributed by atoms with Gasteiger partial charge in [-0.2, -0.15) is 0 Å². The first-order chi connectivity index (χ1) is 9.25. The second-order valence-corrected chi connectivity index (χ2v) is 4.32. The molecule has 1 aliphatic rings. The third-order valence-electron chi connectivity index (χ3n) is 2.88. The third-order valence-corrected chi connectivity index (χ3v) is 2.88. The Morgan fingerprint density at radius 1 is 1.37 bits per heavy atom. The van der Waals surface area contributed by atoms with Gasteiger partial charge in [0.1, 0.15) is 0 Å². The van der Waals surface area contributed by atoms with Crippen LogP contribution < -0.4 is 0 Å². The van der Waals surface area contributed by atoms with Crippen molar-refractivity contribution in [1.29, 1.82) is 0 Å². The minimum Gasteiger partial charge on any atom is -0.461 e. The van der Waals surface area contributed by atoms with Crippen LogP contribution >= 0.6 is 0 Å². The molecule has 0 spiro atoms. The number of hydrogen-bond donors (Lipinski definition) is 0. The molecule has 3 rings (SSSR count). The lowest BCUT2D eigenvalue weighted by Crippen LogP contribution is -2.16. The van der Waals surface area contributed by atoms with Gasteiger partial charge in [-0.15, -0.1) is 0 Å². The number of nitrogens with zero attached hydrogens (tertiary/aromatic N) is 1. The Morgan fingerprint density at radius 3 is 2.89 bits per heavy atom. The maximum absolute atomic E-state index is 11.8. The fourth-order valence-electron chi connectivity index (χ4n) is 1.70. The number of Topliss-reactive ketones (excluding diaryl/α,β-unsaturated/α-hetero) is 1. The van der Waals surface area contributed by atoms with Crippen molar-refractivity contribution in [1.82, 2.24) is 4.98 Å². The van der Waals surface area contributed by atoms with Crippen LogP contribution in [0, 0.1) is 5.92 Å². The van der Waals surface area contributed by atoms with Gasteiger partial charge in [0.05, 0.1) is 6.26 Å². The van der Waals surface area contributed by atoms with Gasteiger partial charge in [0, 0.05) is 5.92 Å². The topological polar surface area (TPSA) is 82.5 Å². The summed E-state index contributed by atoms with van der Waals surface area (Å²) >= 11 is 0. The van der Waals surface area contributed by atoms with Gasteiger partial charge in [-0.3, -0.25) is 4.79 Å². The third kappa shape index (κ3) is 2.42. The molecule has 1 aliphatic carbocycles. The second-order valence-electron chi connectivity index (χ2n) is 4.32. The van der Waals surface area contributed by atoms with Gasteiger partial charge in [-0.1, -0.05) is 0 Å². The minimum absolute atomic E-state index is 0.0125. The number of hydrogen-bond acceptors (Lipinski definition) is 6. The summed E-state index contributed by atoms with van der Waals surface area (Å²) in [6, 6.07) is 3.32. The molecule has 0 saturated heterocycles. The molecule has 6 heteroatoms. The molecular formula is C13H11NO5. The van der Waals surface area contributed by atoms with Crippen molar-refractivity contribution in [2.45, 2.75) is 12.8 Å². The molecule has 19 heavy (non-hydrogen) atoms. The predicted octanol–water partition coefficient (Wildman–Crippen LogP) is 2.07. The van der Waals surface area contributed by atoms with Crippen LogP contribution in [0.25, 0.3) is 11.5 Å². The molecule has 0 amide bonds. The number of aromatic nitrogens is 1. The highest BCUT2D eigenvalue weighted by molar-refractivity contribution is 5.95. The fraction of sp³-hybridized carbons (Fsp3) is 0.308. The zero-order valence-corrected chi connectivity index (χ0v) is 10.00. The van der Waals surface area contributed by atoms with Gasteiger partial charge in [0.2, 0.25) is 5.76 Å². The summed E-state index contributed by atoms with van der Waals surface area (Å²) in [6.07, 6.45) is 4.37. The van der Waals surface area contributed by atoms with Crippen LogP contribution in [0.1, 0.15) is 23.3 Å². The van der Waals surface area contributed by atoms with Crippen molar-refractivity contribution in [3.63, 3.8) is 0 Å². The molecule has 0 aromatic carbocycles. The van der Waals surface area contributed by atoms with E-state index in [1.165, 1.54) is 6.26 Å². The van der Waals surface area contributed by atoms with Crippen molar-refractivity contribution < 1.29 is 23.2 Å². The van der Waals surface area contributed by atoms with Gasteiger partial charge in [-0.05, 0) is 25.0 Å². The quantitative estimate of drug-likeness (QED) is 0.766. The second kappa shape index (κ2) is 4.72. The van der Waals surface area contributed by atoms with Gasteiger partial charge in [0.25, 0.3) is 0 Å². The Balaban J connectivity index is 1.70. The maximum atomic E-state index is 11.8. The fourth-order valence-corrected chi connectivity index (χ4v) is 1.70. The van der Waals surface area contributed by atoms with Crippen molar-refractivity contribution in [2.75, 3.05) is 6.61 Å². The highest BCUT2D eigenvalue weighted by atomic mass is 16.5. The summed E-state index contributed by atoms with van der Waals surface area (Å²) in [5, 5.41) is 0. The lowest BCUT2D eigenvalue weighted by molar-refractivity contribution is -0.123. The van der Waals surface area contributed by atoms with E-state index in [4.69, 9.17) is 13.6 Å². The highest BCUT2D eigenvalue weighted by Gasteiger charge is 2.31. The van der Waals surface area contributed by atoms with E-state index in [-0.39, 0.29) is 29.8 Å². The molecule has 0 bridgehead atoms. The number of oxazole rings is 1. The van der Waals surface area contributed by atoms with E-state index in [0.717, 1.165) is 19.2 Å². The molecule has 98 valence electrons. The van der Waals surface area contributed by atoms with Crippen molar-refractivity contribution >= 4 is 11.8 Å². The van der Waals surface area contributed by atoms with E-state index < -0.39 is 5.97 Å². The maximum Gasteiger partial charge on any atom is 0.361 e. The summed E-state index contributed by atoms with van der Waals surface area (Å²) in [7, 11) is 0. The number of carbonyl (C=O) groups is 2. The summed E-state index contributed by atoms with van der Waals surface area (Å²) in [4.78, 5) is 27.1. The van der Waals surface area contributed by atoms with Crippen LogP contribution in [0.4, 0.5) is 0 Å². The van der Waals surface area contributed by atoms with Crippen molar-refractivity contribution in [3.05, 3.63) is 30.5 Å². The molecule has 0 aliphatic heterocycles. The van der Waals surface area contributed by atoms with Gasteiger partial charge in [0.15, 0.2) is 30.2 Å². The Kier molecular flexibility index (Phi) is 2.91. The van der Waals surface area contributed by atoms with Crippen LogP contribution in [0.3, 0.4) is 0 Å². The molecule has 0 N–H and O–H groups in total. The number of carbonyl (C=O) groups excluding carboxylic acids is 2. The van der Waals surface area contributed by atoms with Gasteiger partial charge < -0.3 is 13.6 Å². The Hall–Kier alpha value is -2.37. The smallest absolute Gasteiger partial charge is 0.361 e. The molecule has 2 heterocycles. The molecule has 2 aromatic heterocycles. The lowest BCUT2D eigenvalue weighted by Gasteiger charge is -2.01. The van der Waals surface area contributed by atoms with E-state index in [1.807, 2.05) is 0 Å². The van der Waals surface area contributed by atoms with E-state index >= 15 is 0 Å². The molecule has 1 saturated carbocycles. The molecule has 0 unspecified atom stereocenters. The lowest BCUT2D eigenvalue weighted by atomic mass is 10.2. The van der Waals surface area contributed by atoms with Crippen LogP contribution in [-0.2, 0) is 9.53 Å². The van der Waals surface area contributed by atoms with Crippen LogP contribution in [0.5, 0.6) is 0 Å². The summed E-state index contributed by atoms with van der Waals surface area (Å²) in [6.45, 7) is -0.214. The van der Waals surface area contributed by atoms with Gasteiger partial charge >= 0.3 is 5.97 Å². The molecule has 2 aromatic rings. The largest absolute Gasteiger partial charge is 0.461 e. The number of ether oxygens (including phenoxy) is 1. The molecule has 1 fully saturated rings. The number of rotatable bonds is 5. The first kappa shape index (κ1) is 11.7. The molecule has 0 radical (unpaired) electrons. The van der Waals surface area contributed by atoms with E-state index in [1.54, 1.807) is 12.1 Å². The zero-order valence-electron chi connectivity index (χ0n) is 10.00. The molecular weight excluding hydrogens is 250 g/mol. The SMILES string of the molecule is O=C(OCC(=O)C1CC1)c1ncoc1-c1ccco1. The molecule has 0 atom stereocenters. The Morgan fingerprint density at radius 2 is 2.21 bits per heavy atom. The van der Waals surface area contributed by atoms with E-state index in [2.05, 4.69) is 4.98 Å². The minimum atomic E-state index is -0.686. The van der Waals surface area contributed by atoms with Crippen LogP contribution in [0.2, 0.25) is 0 Å². The van der Waals surface area contributed by atoms with Crippen molar-refractivity contribution in [2.24, 2.45) is 5.92 Å². The number of ketones is 1. The Labute approximate surface area is 108 Å². The zero-order chi connectivity index (χ0) is 13.2.